The van der Waals surface area contributed by atoms with Gasteiger partial charge in [-0.15, -0.1) is 0 Å². The van der Waals surface area contributed by atoms with Gasteiger partial charge in [0.15, 0.2) is 11.5 Å². The molecule has 2 aromatic carbocycles. The van der Waals surface area contributed by atoms with Crippen LogP contribution in [-0.2, 0) is 13.0 Å². The first kappa shape index (κ1) is 21.0. The molecular formula is C23H30N4O2S. The smallest absolute Gasteiger partial charge is 0.160 e. The van der Waals surface area contributed by atoms with Gasteiger partial charge in [-0.05, 0) is 68.2 Å². The van der Waals surface area contributed by atoms with Crippen molar-refractivity contribution in [3.8, 4) is 11.5 Å². The summed E-state index contributed by atoms with van der Waals surface area (Å²) in [4.78, 5) is 5.08. The second-order valence-corrected chi connectivity index (χ2v) is 8.57. The molecule has 0 aliphatic carbocycles. The van der Waals surface area contributed by atoms with Crippen LogP contribution in [-0.4, -0.2) is 65.5 Å². The van der Waals surface area contributed by atoms with Gasteiger partial charge in [-0.25, -0.2) is 0 Å². The summed E-state index contributed by atoms with van der Waals surface area (Å²) >= 11 is 1.28. The zero-order valence-corrected chi connectivity index (χ0v) is 18.8. The summed E-state index contributed by atoms with van der Waals surface area (Å²) in [6, 6.07) is 13.3. The van der Waals surface area contributed by atoms with Crippen molar-refractivity contribution in [1.29, 1.82) is 0 Å². The van der Waals surface area contributed by atoms with Crippen molar-refractivity contribution in [1.82, 2.24) is 18.5 Å². The molecule has 1 atom stereocenters. The molecule has 0 radical (unpaired) electrons. The van der Waals surface area contributed by atoms with Crippen LogP contribution in [0.3, 0.4) is 0 Å². The molecule has 0 spiro atoms. The van der Waals surface area contributed by atoms with Crippen molar-refractivity contribution in [3.63, 3.8) is 0 Å². The number of nitrogens with zero attached hydrogens (tertiary/aromatic N) is 4. The van der Waals surface area contributed by atoms with E-state index >= 15 is 0 Å². The van der Waals surface area contributed by atoms with Crippen LogP contribution in [0.15, 0.2) is 36.4 Å². The van der Waals surface area contributed by atoms with Gasteiger partial charge in [0, 0.05) is 25.7 Å². The van der Waals surface area contributed by atoms with E-state index in [0.717, 1.165) is 55.1 Å². The minimum atomic E-state index is 0.587. The van der Waals surface area contributed by atoms with E-state index in [-0.39, 0.29) is 0 Å². The van der Waals surface area contributed by atoms with Crippen LogP contribution >= 0.6 is 11.7 Å². The molecular weight excluding hydrogens is 396 g/mol. The molecule has 1 fully saturated rings. The lowest BCUT2D eigenvalue weighted by Crippen LogP contribution is -2.46. The molecule has 160 valence electrons. The number of aromatic nitrogens is 2. The number of benzene rings is 2. The Labute approximate surface area is 182 Å². The summed E-state index contributed by atoms with van der Waals surface area (Å²) in [5, 5.41) is 0. The molecule has 7 heteroatoms. The van der Waals surface area contributed by atoms with Crippen molar-refractivity contribution in [2.45, 2.75) is 31.8 Å². The lowest BCUT2D eigenvalue weighted by molar-refractivity contribution is 0.112. The van der Waals surface area contributed by atoms with Crippen LogP contribution in [0.4, 0.5) is 0 Å². The first-order chi connectivity index (χ1) is 14.7. The first-order valence-corrected chi connectivity index (χ1v) is 11.2. The van der Waals surface area contributed by atoms with Crippen LogP contribution < -0.4 is 9.47 Å². The molecule has 0 unspecified atom stereocenters. The lowest BCUT2D eigenvalue weighted by atomic mass is 10.0. The van der Waals surface area contributed by atoms with E-state index in [4.69, 9.17) is 9.47 Å². The molecule has 0 bridgehead atoms. The molecule has 0 N–H and O–H groups in total. The number of methoxy groups -OCH3 is 2. The number of likely N-dealkylation sites (tertiary alicyclic amines) is 1. The number of hydrogen-bond acceptors (Lipinski definition) is 7. The van der Waals surface area contributed by atoms with Gasteiger partial charge in [-0.2, -0.15) is 8.75 Å². The maximum Gasteiger partial charge on any atom is 0.160 e. The molecule has 1 aliphatic rings. The average Bonchev–Trinajstić information content (AvgIpc) is 3.25. The summed E-state index contributed by atoms with van der Waals surface area (Å²) in [5.74, 6) is 1.58. The van der Waals surface area contributed by atoms with E-state index in [1.165, 1.54) is 35.7 Å². The molecule has 0 saturated carbocycles. The summed E-state index contributed by atoms with van der Waals surface area (Å²) < 4.78 is 19.5. The predicted octanol–water partition coefficient (Wildman–Crippen LogP) is 3.85. The van der Waals surface area contributed by atoms with E-state index < -0.39 is 0 Å². The fourth-order valence-electron chi connectivity index (χ4n) is 4.24. The van der Waals surface area contributed by atoms with Crippen LogP contribution in [0.5, 0.6) is 11.5 Å². The Balaban J connectivity index is 1.32. The predicted molar refractivity (Wildman–Crippen MR) is 122 cm³/mol. The van der Waals surface area contributed by atoms with Crippen molar-refractivity contribution in [2.75, 3.05) is 40.9 Å². The number of fused-ring (bicyclic) bond motifs is 1. The zero-order valence-electron chi connectivity index (χ0n) is 18.0. The van der Waals surface area contributed by atoms with Crippen LogP contribution in [0, 0.1) is 0 Å². The highest BCUT2D eigenvalue weighted by molar-refractivity contribution is 7.00. The van der Waals surface area contributed by atoms with Crippen LogP contribution in [0.25, 0.3) is 11.0 Å². The third-order valence-corrected chi connectivity index (χ3v) is 6.59. The Morgan fingerprint density at radius 2 is 1.83 bits per heavy atom. The molecule has 4 rings (SSSR count). The third-order valence-electron chi connectivity index (χ3n) is 6.03. The highest BCUT2D eigenvalue weighted by atomic mass is 32.1. The van der Waals surface area contributed by atoms with Crippen molar-refractivity contribution < 1.29 is 9.47 Å². The number of rotatable bonds is 8. The van der Waals surface area contributed by atoms with Crippen LogP contribution in [0.2, 0.25) is 0 Å². The molecule has 1 aromatic heterocycles. The summed E-state index contributed by atoms with van der Waals surface area (Å²) in [7, 11) is 5.61. The number of piperidine rings is 1. The fourth-order valence-corrected chi connectivity index (χ4v) is 4.76. The van der Waals surface area contributed by atoms with E-state index in [1.807, 2.05) is 6.07 Å². The lowest BCUT2D eigenvalue weighted by Gasteiger charge is -2.37. The van der Waals surface area contributed by atoms with Gasteiger partial charge >= 0.3 is 0 Å². The maximum absolute atomic E-state index is 5.44. The minimum absolute atomic E-state index is 0.587. The van der Waals surface area contributed by atoms with E-state index in [1.54, 1.807) is 14.2 Å². The Kier molecular flexibility index (Phi) is 6.82. The van der Waals surface area contributed by atoms with Gasteiger partial charge in [-0.1, -0.05) is 12.1 Å². The highest BCUT2D eigenvalue weighted by Crippen LogP contribution is 2.28. The quantitative estimate of drug-likeness (QED) is 0.545. The van der Waals surface area contributed by atoms with E-state index in [0.29, 0.717) is 6.04 Å². The topological polar surface area (TPSA) is 50.7 Å². The van der Waals surface area contributed by atoms with Gasteiger partial charge < -0.3 is 14.4 Å². The van der Waals surface area contributed by atoms with Crippen molar-refractivity contribution in [2.24, 2.45) is 0 Å². The van der Waals surface area contributed by atoms with E-state index in [2.05, 4.69) is 55.9 Å². The molecule has 1 aliphatic heterocycles. The molecule has 0 amide bonds. The van der Waals surface area contributed by atoms with Gasteiger partial charge in [0.05, 0.1) is 25.9 Å². The Morgan fingerprint density at radius 3 is 2.67 bits per heavy atom. The third kappa shape index (κ3) is 4.91. The summed E-state index contributed by atoms with van der Waals surface area (Å²) in [6.07, 6.45) is 3.50. The number of hydrogen-bond donors (Lipinski definition) is 0. The second-order valence-electron chi connectivity index (χ2n) is 8.04. The molecule has 2 heterocycles. The fraction of sp³-hybridized carbons (Fsp3) is 0.478. The molecule has 3 aromatic rings. The zero-order chi connectivity index (χ0) is 20.9. The second kappa shape index (κ2) is 9.73. The minimum Gasteiger partial charge on any atom is -0.493 e. The van der Waals surface area contributed by atoms with Crippen molar-refractivity contribution >= 4 is 22.8 Å². The Bertz CT molecular complexity index is 977. The Hall–Kier alpha value is -2.22. The first-order valence-electron chi connectivity index (χ1n) is 10.5. The molecule has 1 saturated heterocycles. The standard InChI is InChI=1S/C23H30N4O2S/c1-26(12-10-17-7-9-22(28-2)23(14-17)29-3)19-5-4-11-27(16-19)15-18-6-8-20-21(13-18)25-30-24-20/h6-9,13-14,19H,4-5,10-12,15-16H2,1-3H3/t19-/m0/s1. The maximum atomic E-state index is 5.44. The Morgan fingerprint density at radius 1 is 1.03 bits per heavy atom. The van der Waals surface area contributed by atoms with Gasteiger partial charge in [0.25, 0.3) is 0 Å². The molecule has 6 nitrogen and oxygen atoms in total. The van der Waals surface area contributed by atoms with Crippen molar-refractivity contribution in [3.05, 3.63) is 47.5 Å². The van der Waals surface area contributed by atoms with Gasteiger partial charge in [-0.3, -0.25) is 4.90 Å². The van der Waals surface area contributed by atoms with E-state index in [9.17, 15) is 0 Å². The van der Waals surface area contributed by atoms with Crippen LogP contribution in [0.1, 0.15) is 24.0 Å². The normalized spacial score (nSPS) is 17.5. The molecule has 30 heavy (non-hydrogen) atoms. The summed E-state index contributed by atoms with van der Waals surface area (Å²) in [5.41, 5.74) is 4.61. The SMILES string of the molecule is COc1ccc(CCN(C)[C@H]2CCCN(Cc3ccc4nsnc4c3)C2)cc1OC. The highest BCUT2D eigenvalue weighted by Gasteiger charge is 2.23. The monoisotopic (exact) mass is 426 g/mol. The number of likely N-dealkylation sites (N-methyl/N-ethyl adjacent to an activating group) is 1. The average molecular weight is 427 g/mol. The van der Waals surface area contributed by atoms with Gasteiger partial charge in [0.2, 0.25) is 0 Å². The largest absolute Gasteiger partial charge is 0.493 e. The summed E-state index contributed by atoms with van der Waals surface area (Å²) in [6.45, 7) is 4.28. The number of ether oxygens (including phenoxy) is 2. The van der Waals surface area contributed by atoms with Gasteiger partial charge in [0.1, 0.15) is 11.0 Å².